The number of ketones is 1. The first-order valence-corrected chi connectivity index (χ1v) is 7.77. The Bertz CT molecular complexity index is 565. The van der Waals surface area contributed by atoms with Gasteiger partial charge in [0.25, 0.3) is 5.88 Å². The predicted molar refractivity (Wildman–Crippen MR) is 85.6 cm³/mol. The average molecular weight is 323 g/mol. The first-order chi connectivity index (χ1) is 10.9. The van der Waals surface area contributed by atoms with Gasteiger partial charge in [-0.1, -0.05) is 20.8 Å². The summed E-state index contributed by atoms with van der Waals surface area (Å²) in [6.07, 6.45) is 0.890. The van der Waals surface area contributed by atoms with Gasteiger partial charge in [-0.05, 0) is 5.41 Å². The molecule has 0 aliphatic carbocycles. The van der Waals surface area contributed by atoms with E-state index in [1.807, 2.05) is 0 Å². The molecule has 2 rings (SSSR count). The average Bonchev–Trinajstić information content (AvgIpc) is 2.50. The molecule has 0 amide bonds. The Kier molecular flexibility index (Phi) is 5.46. The Morgan fingerprint density at radius 1 is 1.30 bits per heavy atom. The van der Waals surface area contributed by atoms with Crippen LogP contribution in [0.5, 0.6) is 17.4 Å². The summed E-state index contributed by atoms with van der Waals surface area (Å²) in [5.74, 6) is 1.20. The van der Waals surface area contributed by atoms with E-state index in [9.17, 15) is 4.79 Å². The van der Waals surface area contributed by atoms with Gasteiger partial charge in [-0.25, -0.2) is 4.98 Å². The van der Waals surface area contributed by atoms with Crippen LogP contribution in [0.4, 0.5) is 0 Å². The largest absolute Gasteiger partial charge is 0.488 e. The fraction of sp³-hybridized carbons (Fsp3) is 0.647. The van der Waals surface area contributed by atoms with E-state index in [0.29, 0.717) is 42.7 Å². The lowest BCUT2D eigenvalue weighted by Gasteiger charge is -2.34. The van der Waals surface area contributed by atoms with Crippen LogP contribution in [-0.4, -0.2) is 44.3 Å². The summed E-state index contributed by atoms with van der Waals surface area (Å²) < 4.78 is 21.9. The van der Waals surface area contributed by atoms with E-state index in [1.165, 1.54) is 7.11 Å². The number of rotatable bonds is 6. The number of ether oxygens (including phenoxy) is 4. The van der Waals surface area contributed by atoms with Crippen LogP contribution < -0.4 is 14.2 Å². The van der Waals surface area contributed by atoms with Crippen molar-refractivity contribution in [2.45, 2.75) is 39.7 Å². The molecule has 6 heteroatoms. The zero-order valence-corrected chi connectivity index (χ0v) is 14.5. The predicted octanol–water partition coefficient (Wildman–Crippen LogP) is 2.89. The molecule has 1 aromatic rings. The highest BCUT2D eigenvalue weighted by Gasteiger charge is 2.36. The standard InChI is InChI=1S/C17H25NO5/c1-17(2,3)14-9-11(19)15-12(23-14)10-13(16(18-15)21-5)22-8-6-7-20-4/h10,14H,6-9H2,1-5H3. The van der Waals surface area contributed by atoms with Crippen LogP contribution in [0.2, 0.25) is 0 Å². The van der Waals surface area contributed by atoms with Crippen molar-refractivity contribution in [1.82, 2.24) is 4.98 Å². The molecule has 1 aliphatic heterocycles. The number of carbonyl (C=O) groups is 1. The summed E-state index contributed by atoms with van der Waals surface area (Å²) in [5, 5.41) is 0. The number of carbonyl (C=O) groups excluding carboxylic acids is 1. The van der Waals surface area contributed by atoms with Crippen molar-refractivity contribution in [2.75, 3.05) is 27.4 Å². The monoisotopic (exact) mass is 323 g/mol. The van der Waals surface area contributed by atoms with Gasteiger partial charge in [-0.3, -0.25) is 4.79 Å². The van der Waals surface area contributed by atoms with Gasteiger partial charge < -0.3 is 18.9 Å². The number of hydrogen-bond donors (Lipinski definition) is 0. The van der Waals surface area contributed by atoms with Crippen molar-refractivity contribution >= 4 is 5.78 Å². The summed E-state index contributed by atoms with van der Waals surface area (Å²) in [7, 11) is 3.15. The maximum absolute atomic E-state index is 12.4. The van der Waals surface area contributed by atoms with Crippen molar-refractivity contribution in [3.05, 3.63) is 11.8 Å². The van der Waals surface area contributed by atoms with Gasteiger partial charge in [-0.15, -0.1) is 0 Å². The molecule has 0 saturated heterocycles. The molecule has 128 valence electrons. The molecule has 0 aromatic carbocycles. The molecule has 6 nitrogen and oxygen atoms in total. The van der Waals surface area contributed by atoms with E-state index >= 15 is 0 Å². The molecule has 1 aliphatic rings. The van der Waals surface area contributed by atoms with E-state index in [-0.39, 0.29) is 17.3 Å². The Morgan fingerprint density at radius 2 is 2.04 bits per heavy atom. The van der Waals surface area contributed by atoms with E-state index < -0.39 is 0 Å². The Labute approximate surface area is 137 Å². The summed E-state index contributed by atoms with van der Waals surface area (Å²) in [6.45, 7) is 7.24. The van der Waals surface area contributed by atoms with E-state index in [0.717, 1.165) is 6.42 Å². The van der Waals surface area contributed by atoms with Crippen molar-refractivity contribution in [2.24, 2.45) is 5.41 Å². The molecule has 1 atom stereocenters. The summed E-state index contributed by atoms with van der Waals surface area (Å²) in [6, 6.07) is 1.70. The second kappa shape index (κ2) is 7.17. The summed E-state index contributed by atoms with van der Waals surface area (Å²) >= 11 is 0. The van der Waals surface area contributed by atoms with Crippen molar-refractivity contribution in [3.63, 3.8) is 0 Å². The number of Topliss-reactive ketones (excluding diaryl/α,β-unsaturated/α-hetero) is 1. The molecule has 2 heterocycles. The van der Waals surface area contributed by atoms with E-state index in [1.54, 1.807) is 13.2 Å². The molecule has 0 radical (unpaired) electrons. The van der Waals surface area contributed by atoms with Gasteiger partial charge in [0.05, 0.1) is 20.1 Å². The summed E-state index contributed by atoms with van der Waals surface area (Å²) in [5.41, 5.74) is 0.179. The van der Waals surface area contributed by atoms with Gasteiger partial charge in [0.2, 0.25) is 0 Å². The Morgan fingerprint density at radius 3 is 2.65 bits per heavy atom. The topological polar surface area (TPSA) is 66.9 Å². The molecule has 0 bridgehead atoms. The van der Waals surface area contributed by atoms with Crippen LogP contribution in [0.3, 0.4) is 0 Å². The van der Waals surface area contributed by atoms with Crippen molar-refractivity contribution in [3.8, 4) is 17.4 Å². The highest BCUT2D eigenvalue weighted by molar-refractivity contribution is 5.98. The third-order valence-electron chi connectivity index (χ3n) is 3.73. The van der Waals surface area contributed by atoms with E-state index in [2.05, 4.69) is 25.8 Å². The van der Waals surface area contributed by atoms with Crippen LogP contribution in [0.25, 0.3) is 0 Å². The minimum absolute atomic E-state index is 0.0320. The molecule has 1 aromatic heterocycles. The third-order valence-corrected chi connectivity index (χ3v) is 3.73. The third kappa shape index (κ3) is 4.13. The second-order valence-corrected chi connectivity index (χ2v) is 6.64. The number of hydrogen-bond acceptors (Lipinski definition) is 6. The fourth-order valence-electron chi connectivity index (χ4n) is 2.33. The van der Waals surface area contributed by atoms with Gasteiger partial charge >= 0.3 is 0 Å². The van der Waals surface area contributed by atoms with Crippen molar-refractivity contribution in [1.29, 1.82) is 0 Å². The second-order valence-electron chi connectivity index (χ2n) is 6.64. The number of methoxy groups -OCH3 is 2. The van der Waals surface area contributed by atoms with Crippen LogP contribution in [-0.2, 0) is 4.74 Å². The minimum Gasteiger partial charge on any atom is -0.488 e. The number of pyridine rings is 1. The van der Waals surface area contributed by atoms with Crippen LogP contribution in [0, 0.1) is 5.41 Å². The quantitative estimate of drug-likeness (QED) is 0.750. The maximum Gasteiger partial charge on any atom is 0.257 e. The molecular weight excluding hydrogens is 298 g/mol. The fourth-order valence-corrected chi connectivity index (χ4v) is 2.33. The smallest absolute Gasteiger partial charge is 0.257 e. The molecule has 1 unspecified atom stereocenters. The first kappa shape index (κ1) is 17.5. The zero-order chi connectivity index (χ0) is 17.0. The van der Waals surface area contributed by atoms with Gasteiger partial charge in [0, 0.05) is 26.2 Å². The lowest BCUT2D eigenvalue weighted by Crippen LogP contribution is -2.38. The summed E-state index contributed by atoms with van der Waals surface area (Å²) in [4.78, 5) is 16.6. The van der Waals surface area contributed by atoms with Gasteiger partial charge in [0.1, 0.15) is 6.10 Å². The maximum atomic E-state index is 12.4. The van der Waals surface area contributed by atoms with Crippen LogP contribution >= 0.6 is 0 Å². The zero-order valence-electron chi connectivity index (χ0n) is 14.5. The molecule has 0 N–H and O–H groups in total. The van der Waals surface area contributed by atoms with Crippen molar-refractivity contribution < 1.29 is 23.7 Å². The minimum atomic E-state index is -0.181. The van der Waals surface area contributed by atoms with Crippen LogP contribution in [0.15, 0.2) is 6.07 Å². The number of aromatic nitrogens is 1. The SMILES string of the molecule is COCCCOc1cc2c(nc1OC)C(=O)CC(C(C)(C)C)O2. The molecule has 23 heavy (non-hydrogen) atoms. The molecule has 0 spiro atoms. The highest BCUT2D eigenvalue weighted by Crippen LogP contribution is 2.39. The van der Waals surface area contributed by atoms with E-state index in [4.69, 9.17) is 18.9 Å². The number of fused-ring (bicyclic) bond motifs is 1. The molecule has 0 fully saturated rings. The lowest BCUT2D eigenvalue weighted by atomic mass is 9.84. The Hall–Kier alpha value is -1.82. The Balaban J connectivity index is 2.25. The van der Waals surface area contributed by atoms with Gasteiger partial charge in [-0.2, -0.15) is 0 Å². The van der Waals surface area contributed by atoms with Crippen LogP contribution in [0.1, 0.15) is 44.1 Å². The first-order valence-electron chi connectivity index (χ1n) is 7.77. The highest BCUT2D eigenvalue weighted by atomic mass is 16.5. The molecule has 0 saturated carbocycles. The lowest BCUT2D eigenvalue weighted by molar-refractivity contribution is 0.0529. The molecular formula is C17H25NO5. The number of nitrogens with zero attached hydrogens (tertiary/aromatic N) is 1. The normalized spacial score (nSPS) is 17.4. The van der Waals surface area contributed by atoms with Gasteiger partial charge in [0.15, 0.2) is 23.0 Å².